The highest BCUT2D eigenvalue weighted by Gasteiger charge is 2.68. The lowest BCUT2D eigenvalue weighted by molar-refractivity contribution is -0.194. The maximum atomic E-state index is 12.9. The Morgan fingerprint density at radius 2 is 1.97 bits per heavy atom. The van der Waals surface area contributed by atoms with Crippen LogP contribution in [0.4, 0.5) is 0 Å². The molecule has 2 saturated carbocycles. The van der Waals surface area contributed by atoms with Gasteiger partial charge in [0, 0.05) is 49.7 Å². The number of nitrogens with one attached hydrogen (secondary N) is 2. The molecule has 0 radical (unpaired) electrons. The Hall–Kier alpha value is -3.03. The predicted octanol–water partition coefficient (Wildman–Crippen LogP) is 5.35. The molecule has 4 aliphatic rings. The molecule has 1 heterocycles. The highest BCUT2D eigenvalue weighted by atomic mass is 16.5. The summed E-state index contributed by atoms with van der Waals surface area (Å²) in [6.07, 6.45) is 17.2. The molecule has 5 rings (SSSR count). The number of carbonyl (C=O) groups is 1. The quantitative estimate of drug-likeness (QED) is 0.0445. The second kappa shape index (κ2) is 21.9. The number of aliphatic hydroxyl groups excluding tert-OH is 4. The van der Waals surface area contributed by atoms with Crippen LogP contribution in [0.1, 0.15) is 76.8 Å². The molecule has 0 saturated heterocycles. The molecule has 2 fully saturated rings. The van der Waals surface area contributed by atoms with Gasteiger partial charge in [0.05, 0.1) is 31.5 Å². The zero-order valence-corrected chi connectivity index (χ0v) is 36.9. The van der Waals surface area contributed by atoms with Gasteiger partial charge in [0.15, 0.2) is 0 Å². The van der Waals surface area contributed by atoms with Crippen LogP contribution < -0.4 is 10.6 Å². The van der Waals surface area contributed by atoms with Crippen molar-refractivity contribution >= 4 is 6.29 Å². The van der Waals surface area contributed by atoms with E-state index in [1.165, 1.54) is 16.7 Å². The number of aldehydes is 1. The summed E-state index contributed by atoms with van der Waals surface area (Å²) in [4.78, 5) is 12.4. The summed E-state index contributed by atoms with van der Waals surface area (Å²) in [5.74, 6) is -0.916. The molecule has 0 amide bonds. The van der Waals surface area contributed by atoms with Gasteiger partial charge in [-0.3, -0.25) is 4.79 Å². The first-order valence-electron chi connectivity index (χ1n) is 22.2. The van der Waals surface area contributed by atoms with Gasteiger partial charge in [0.25, 0.3) is 0 Å². The van der Waals surface area contributed by atoms with Crippen molar-refractivity contribution < 1.29 is 39.8 Å². The van der Waals surface area contributed by atoms with Crippen molar-refractivity contribution in [1.29, 1.82) is 0 Å². The minimum Gasteiger partial charge on any atom is -0.396 e. The van der Waals surface area contributed by atoms with Crippen LogP contribution in [0.15, 0.2) is 95.2 Å². The minimum absolute atomic E-state index is 0.0536. The molecule has 1 aliphatic heterocycles. The van der Waals surface area contributed by atoms with Crippen molar-refractivity contribution in [3.05, 3.63) is 106 Å². The largest absolute Gasteiger partial charge is 0.396 e. The number of fused-ring (bicyclic) bond motifs is 5. The smallest absolute Gasteiger partial charge is 0.145 e. The van der Waals surface area contributed by atoms with Crippen molar-refractivity contribution in [3.8, 4) is 0 Å². The molecule has 10 atom stereocenters. The van der Waals surface area contributed by atoms with E-state index in [-0.39, 0.29) is 49.0 Å². The van der Waals surface area contributed by atoms with Gasteiger partial charge in [0.2, 0.25) is 0 Å². The van der Waals surface area contributed by atoms with Crippen LogP contribution in [0.5, 0.6) is 0 Å². The van der Waals surface area contributed by atoms with Crippen molar-refractivity contribution in [1.82, 2.24) is 10.6 Å². The second-order valence-corrected chi connectivity index (χ2v) is 18.5. The van der Waals surface area contributed by atoms with E-state index in [9.17, 15) is 30.3 Å². The zero-order valence-electron chi connectivity index (χ0n) is 36.9. The Labute approximate surface area is 359 Å². The van der Waals surface area contributed by atoms with Crippen molar-refractivity contribution in [2.45, 2.75) is 102 Å². The van der Waals surface area contributed by atoms with Gasteiger partial charge in [-0.05, 0) is 132 Å². The highest BCUT2D eigenvalue weighted by Crippen LogP contribution is 2.67. The number of methoxy groups -OCH3 is 1. The fourth-order valence-corrected chi connectivity index (χ4v) is 11.0. The Balaban J connectivity index is 1.48. The molecule has 10 nitrogen and oxygen atoms in total. The molecule has 1 aromatic rings. The number of hydrogen-bond donors (Lipinski definition) is 7. The summed E-state index contributed by atoms with van der Waals surface area (Å²) in [7, 11) is 3.61. The van der Waals surface area contributed by atoms with Gasteiger partial charge in [-0.25, -0.2) is 0 Å². The summed E-state index contributed by atoms with van der Waals surface area (Å²) in [6, 6.07) is 8.86. The summed E-state index contributed by atoms with van der Waals surface area (Å²) in [5, 5.41) is 62.8. The third-order valence-corrected chi connectivity index (χ3v) is 14.3. The van der Waals surface area contributed by atoms with Gasteiger partial charge >= 0.3 is 0 Å². The third kappa shape index (κ3) is 10.9. The molecule has 1 spiro atoms. The van der Waals surface area contributed by atoms with E-state index in [0.29, 0.717) is 50.8 Å². The van der Waals surface area contributed by atoms with Crippen molar-refractivity contribution in [2.24, 2.45) is 35.0 Å². The topological polar surface area (TPSA) is 161 Å². The Kier molecular flexibility index (Phi) is 17.5. The third-order valence-electron chi connectivity index (χ3n) is 14.3. The summed E-state index contributed by atoms with van der Waals surface area (Å²) in [6.45, 7) is 12.4. The number of allylic oxidation sites excluding steroid dienone is 9. The highest BCUT2D eigenvalue weighted by molar-refractivity contribution is 5.74. The van der Waals surface area contributed by atoms with Crippen LogP contribution in [-0.4, -0.2) is 115 Å². The average molecular weight is 831 g/mol. The van der Waals surface area contributed by atoms with Gasteiger partial charge in [-0.1, -0.05) is 84.0 Å². The van der Waals surface area contributed by atoms with Gasteiger partial charge < -0.3 is 45.6 Å². The Bertz CT molecular complexity index is 1770. The lowest BCUT2D eigenvalue weighted by Crippen LogP contribution is -2.65. The van der Waals surface area contributed by atoms with E-state index in [1.807, 2.05) is 26.1 Å². The van der Waals surface area contributed by atoms with Crippen LogP contribution in [-0.2, 0) is 27.1 Å². The SMILES string of the molecule is C=C(C=CC=C(COC[C@H](O)CO)[C@H]1CC[C@]2([C@@H]1O)[C@H]1C(=C(C)C=O)[C@@H](C=C[C@H]1CCO)C[C@]2(O)CCNC)[C@H]1CC=C(C)CN[C@@](C)(CCOC)Cc2cccc(c2)C1. The first-order chi connectivity index (χ1) is 28.8. The summed E-state index contributed by atoms with van der Waals surface area (Å²) < 4.78 is 11.5. The lowest BCUT2D eigenvalue weighted by atomic mass is 9.45. The van der Waals surface area contributed by atoms with Gasteiger partial charge in [-0.15, -0.1) is 0 Å². The van der Waals surface area contributed by atoms with Gasteiger partial charge in [0.1, 0.15) is 12.4 Å². The van der Waals surface area contributed by atoms with Gasteiger partial charge in [-0.2, -0.15) is 0 Å². The zero-order chi connectivity index (χ0) is 43.5. The number of rotatable bonds is 18. The lowest BCUT2D eigenvalue weighted by Gasteiger charge is -2.61. The van der Waals surface area contributed by atoms with E-state index in [2.05, 4.69) is 79.6 Å². The van der Waals surface area contributed by atoms with Crippen LogP contribution in [0, 0.1) is 35.0 Å². The molecular formula is C50H74N2O8. The minimum atomic E-state index is -1.26. The molecule has 10 heteroatoms. The molecule has 0 aromatic heterocycles. The number of ether oxygens (including phenoxy) is 2. The first-order valence-corrected chi connectivity index (χ1v) is 22.2. The van der Waals surface area contributed by atoms with E-state index < -0.39 is 35.7 Å². The first kappa shape index (κ1) is 48.0. The van der Waals surface area contributed by atoms with Crippen LogP contribution >= 0.6 is 0 Å². The molecule has 4 bridgehead atoms. The molecule has 7 N–H and O–H groups in total. The van der Waals surface area contributed by atoms with Crippen molar-refractivity contribution in [2.75, 3.05) is 60.3 Å². The maximum Gasteiger partial charge on any atom is 0.145 e. The maximum absolute atomic E-state index is 12.9. The van der Waals surface area contributed by atoms with Crippen LogP contribution in [0.3, 0.4) is 0 Å². The fourth-order valence-electron chi connectivity index (χ4n) is 11.0. The Morgan fingerprint density at radius 3 is 2.68 bits per heavy atom. The average Bonchev–Trinajstić information content (AvgIpc) is 3.58. The number of benzene rings is 1. The predicted molar refractivity (Wildman–Crippen MR) is 238 cm³/mol. The normalized spacial score (nSPS) is 33.6. The molecule has 1 aromatic carbocycles. The second-order valence-electron chi connectivity index (χ2n) is 18.5. The number of hydrogen-bond acceptors (Lipinski definition) is 10. The monoisotopic (exact) mass is 831 g/mol. The molecular weight excluding hydrogens is 757 g/mol. The molecule has 0 unspecified atom stereocenters. The summed E-state index contributed by atoms with van der Waals surface area (Å²) in [5.41, 5.74) is 4.85. The van der Waals surface area contributed by atoms with E-state index in [1.54, 1.807) is 7.11 Å². The van der Waals surface area contributed by atoms with E-state index in [0.717, 1.165) is 55.2 Å². The fraction of sp³-hybridized carbons (Fsp3) is 0.620. The molecule has 332 valence electrons. The molecule has 3 aliphatic carbocycles. The standard InChI is InChI=1S/C50H74N2O8/c1-34-13-14-40(26-37-10-8-11-38(25-37)27-48(4,52-29-34)21-24-59-6)35(2)9-7-12-42(32-60-33-43(56)31-55)44-17-19-50(47(44)57)46-39(18-23-53)15-16-41(45(46)36(3)30-54)28-49(50,58)20-22-51-5/h7-13,15-16,25,30,39-41,43-44,46-47,51-53,55-58H,2,14,17-24,26-29,31-33H2,1,3-6H3/t39-,40-,41-,43+,44+,46+,47+,48-,49+,50+/m0/s1. The number of aliphatic hydroxyl groups is 5. The summed E-state index contributed by atoms with van der Waals surface area (Å²) >= 11 is 0. The molecule has 60 heavy (non-hydrogen) atoms. The Morgan fingerprint density at radius 1 is 1.18 bits per heavy atom. The van der Waals surface area contributed by atoms with Crippen molar-refractivity contribution in [3.63, 3.8) is 0 Å². The van der Waals surface area contributed by atoms with Crippen LogP contribution in [0.25, 0.3) is 0 Å². The number of carbonyl (C=O) groups excluding carboxylic acids is 1. The van der Waals surface area contributed by atoms with E-state index >= 15 is 0 Å². The van der Waals surface area contributed by atoms with Crippen LogP contribution in [0.2, 0.25) is 0 Å². The van der Waals surface area contributed by atoms with E-state index in [4.69, 9.17) is 9.47 Å².